The highest BCUT2D eigenvalue weighted by Gasteiger charge is 2.34. The molecule has 1 aromatic carbocycles. The number of rotatable bonds is 3. The Hall–Kier alpha value is -2.30. The van der Waals surface area contributed by atoms with Gasteiger partial charge in [0.15, 0.2) is 0 Å². The van der Waals surface area contributed by atoms with Crippen LogP contribution >= 0.6 is 0 Å². The smallest absolute Gasteiger partial charge is 0.326 e. The zero-order valence-corrected chi connectivity index (χ0v) is 11.6. The number of hydrogen-bond acceptors (Lipinski definition) is 3. The minimum Gasteiger partial charge on any atom is -0.480 e. The van der Waals surface area contributed by atoms with E-state index in [1.54, 1.807) is 0 Å². The third-order valence-corrected chi connectivity index (χ3v) is 3.81. The molecule has 1 atom stereocenters. The van der Waals surface area contributed by atoms with Gasteiger partial charge in [-0.3, -0.25) is 4.68 Å². The van der Waals surface area contributed by atoms with Crippen LogP contribution in [-0.2, 0) is 24.8 Å². The number of aliphatic carboxylic acids is 1. The van der Waals surface area contributed by atoms with Crippen LogP contribution in [0.15, 0.2) is 30.3 Å². The van der Waals surface area contributed by atoms with E-state index in [0.29, 0.717) is 13.0 Å². The number of carboxylic acids is 1. The predicted octanol–water partition coefficient (Wildman–Crippen LogP) is 1.74. The van der Waals surface area contributed by atoms with Gasteiger partial charge in [0.25, 0.3) is 0 Å². The largest absolute Gasteiger partial charge is 0.480 e. The molecule has 2 aromatic rings. The fraction of sp³-hybridized carbons (Fsp3) is 0.333. The lowest BCUT2D eigenvalue weighted by molar-refractivity contribution is -0.138. The number of benzene rings is 1. The summed E-state index contributed by atoms with van der Waals surface area (Å²) in [4.78, 5) is 13.4. The minimum absolute atomic E-state index is 0.498. The molecule has 1 unspecified atom stereocenters. The Labute approximate surface area is 117 Å². The summed E-state index contributed by atoms with van der Waals surface area (Å²) in [5.74, 6) is -0.778. The first-order valence-electron chi connectivity index (χ1n) is 6.63. The second-order valence-electron chi connectivity index (χ2n) is 5.22. The molecule has 3 rings (SSSR count). The lowest BCUT2D eigenvalue weighted by Gasteiger charge is -2.24. The summed E-state index contributed by atoms with van der Waals surface area (Å²) in [5.41, 5.74) is 4.07. The first-order chi connectivity index (χ1) is 9.56. The summed E-state index contributed by atoms with van der Waals surface area (Å²) >= 11 is 0. The van der Waals surface area contributed by atoms with Crippen LogP contribution in [0.4, 0.5) is 5.69 Å². The van der Waals surface area contributed by atoms with E-state index in [4.69, 9.17) is 0 Å². The van der Waals surface area contributed by atoms with Crippen LogP contribution < -0.4 is 4.90 Å². The van der Waals surface area contributed by atoms with Crippen LogP contribution in [0.5, 0.6) is 0 Å². The maximum absolute atomic E-state index is 11.5. The third kappa shape index (κ3) is 2.05. The van der Waals surface area contributed by atoms with Crippen molar-refractivity contribution in [3.8, 4) is 0 Å². The zero-order valence-electron chi connectivity index (χ0n) is 11.6. The van der Waals surface area contributed by atoms with Gasteiger partial charge in [0.05, 0.1) is 17.9 Å². The summed E-state index contributed by atoms with van der Waals surface area (Å²) in [5, 5.41) is 13.8. The number of aromatic nitrogens is 2. The van der Waals surface area contributed by atoms with E-state index in [-0.39, 0.29) is 0 Å². The lowest BCUT2D eigenvalue weighted by atomic mass is 10.1. The summed E-state index contributed by atoms with van der Waals surface area (Å²) in [7, 11) is 1.89. The molecular weight excluding hydrogens is 254 g/mol. The summed E-state index contributed by atoms with van der Waals surface area (Å²) in [6.07, 6.45) is 0.558. The molecule has 0 saturated heterocycles. The van der Waals surface area contributed by atoms with Crippen molar-refractivity contribution in [3.63, 3.8) is 0 Å². The number of hydrogen-bond donors (Lipinski definition) is 1. The average Bonchev–Trinajstić information content (AvgIpc) is 2.91. The first kappa shape index (κ1) is 12.7. The monoisotopic (exact) mass is 271 g/mol. The van der Waals surface area contributed by atoms with Gasteiger partial charge in [0, 0.05) is 19.2 Å². The second kappa shape index (κ2) is 4.67. The Morgan fingerprint density at radius 2 is 2.20 bits per heavy atom. The summed E-state index contributed by atoms with van der Waals surface area (Å²) in [6.45, 7) is 2.50. The molecule has 0 bridgehead atoms. The highest BCUT2D eigenvalue weighted by atomic mass is 16.4. The van der Waals surface area contributed by atoms with Crippen molar-refractivity contribution < 1.29 is 9.90 Å². The van der Waals surface area contributed by atoms with Gasteiger partial charge in [-0.15, -0.1) is 0 Å². The molecule has 0 saturated carbocycles. The standard InChI is InChI=1S/C15H17N3O2/c1-10-7-12(17(2)16-10)9-18-13-6-4-3-5-11(13)8-14(18)15(19)20/h3-7,14H,8-9H2,1-2H3,(H,19,20). The number of carbonyl (C=O) groups is 1. The van der Waals surface area contributed by atoms with Crippen molar-refractivity contribution in [1.82, 2.24) is 9.78 Å². The van der Waals surface area contributed by atoms with Crippen LogP contribution in [0.3, 0.4) is 0 Å². The third-order valence-electron chi connectivity index (χ3n) is 3.81. The number of fused-ring (bicyclic) bond motifs is 1. The fourth-order valence-electron chi connectivity index (χ4n) is 2.85. The molecule has 1 aliphatic heterocycles. The zero-order chi connectivity index (χ0) is 14.3. The van der Waals surface area contributed by atoms with Crippen molar-refractivity contribution in [1.29, 1.82) is 0 Å². The van der Waals surface area contributed by atoms with E-state index in [1.165, 1.54) is 0 Å². The number of anilines is 1. The topological polar surface area (TPSA) is 58.4 Å². The Bertz CT molecular complexity index is 663. The molecule has 1 aromatic heterocycles. The molecule has 0 fully saturated rings. The molecule has 0 radical (unpaired) electrons. The maximum atomic E-state index is 11.5. The number of para-hydroxylation sites is 1. The summed E-state index contributed by atoms with van der Waals surface area (Å²) < 4.78 is 1.81. The van der Waals surface area contributed by atoms with Crippen LogP contribution in [0.2, 0.25) is 0 Å². The van der Waals surface area contributed by atoms with Gasteiger partial charge < -0.3 is 10.0 Å². The number of aryl methyl sites for hydroxylation is 2. The van der Waals surface area contributed by atoms with E-state index in [1.807, 2.05) is 53.9 Å². The van der Waals surface area contributed by atoms with Gasteiger partial charge in [-0.05, 0) is 24.6 Å². The van der Waals surface area contributed by atoms with Crippen LogP contribution in [0, 0.1) is 6.92 Å². The molecule has 104 valence electrons. The molecule has 0 aliphatic carbocycles. The van der Waals surface area contributed by atoms with Gasteiger partial charge in [0.1, 0.15) is 6.04 Å². The average molecular weight is 271 g/mol. The molecule has 0 spiro atoms. The molecule has 0 amide bonds. The maximum Gasteiger partial charge on any atom is 0.326 e. The van der Waals surface area contributed by atoms with Crippen molar-refractivity contribution in [2.75, 3.05) is 4.90 Å². The Morgan fingerprint density at radius 1 is 1.45 bits per heavy atom. The molecule has 5 heteroatoms. The van der Waals surface area contributed by atoms with Crippen molar-refractivity contribution in [2.24, 2.45) is 7.05 Å². The lowest BCUT2D eigenvalue weighted by Crippen LogP contribution is -2.38. The van der Waals surface area contributed by atoms with Crippen LogP contribution in [0.1, 0.15) is 17.0 Å². The van der Waals surface area contributed by atoms with E-state index in [2.05, 4.69) is 5.10 Å². The van der Waals surface area contributed by atoms with E-state index in [9.17, 15) is 9.90 Å². The minimum atomic E-state index is -0.778. The van der Waals surface area contributed by atoms with Gasteiger partial charge in [-0.25, -0.2) is 4.79 Å². The highest BCUT2D eigenvalue weighted by Crippen LogP contribution is 2.33. The van der Waals surface area contributed by atoms with E-state index in [0.717, 1.165) is 22.6 Å². The first-order valence-corrected chi connectivity index (χ1v) is 6.63. The molecule has 1 N–H and O–H groups in total. The van der Waals surface area contributed by atoms with Crippen molar-refractivity contribution >= 4 is 11.7 Å². The van der Waals surface area contributed by atoms with Gasteiger partial charge in [-0.2, -0.15) is 5.10 Å². The molecule has 5 nitrogen and oxygen atoms in total. The van der Waals surface area contributed by atoms with Gasteiger partial charge in [-0.1, -0.05) is 18.2 Å². The van der Waals surface area contributed by atoms with Crippen molar-refractivity contribution in [2.45, 2.75) is 25.9 Å². The number of nitrogens with zero attached hydrogens (tertiary/aromatic N) is 3. The predicted molar refractivity (Wildman–Crippen MR) is 75.7 cm³/mol. The Morgan fingerprint density at radius 3 is 2.85 bits per heavy atom. The van der Waals surface area contributed by atoms with Gasteiger partial charge >= 0.3 is 5.97 Å². The number of carboxylic acid groups (broad SMARTS) is 1. The second-order valence-corrected chi connectivity index (χ2v) is 5.22. The van der Waals surface area contributed by atoms with E-state index >= 15 is 0 Å². The Balaban J connectivity index is 1.96. The molecular formula is C15H17N3O2. The van der Waals surface area contributed by atoms with Gasteiger partial charge in [0.2, 0.25) is 0 Å². The van der Waals surface area contributed by atoms with Crippen LogP contribution in [0.25, 0.3) is 0 Å². The normalized spacial score (nSPS) is 17.3. The fourth-order valence-corrected chi connectivity index (χ4v) is 2.85. The Kier molecular flexibility index (Phi) is 2.97. The van der Waals surface area contributed by atoms with Crippen LogP contribution in [-0.4, -0.2) is 26.9 Å². The van der Waals surface area contributed by atoms with Crippen molar-refractivity contribution in [3.05, 3.63) is 47.3 Å². The summed E-state index contributed by atoms with van der Waals surface area (Å²) in [6, 6.07) is 9.39. The molecule has 1 aliphatic rings. The molecule has 20 heavy (non-hydrogen) atoms. The SMILES string of the molecule is Cc1cc(CN2c3ccccc3CC2C(=O)O)n(C)n1. The van der Waals surface area contributed by atoms with E-state index < -0.39 is 12.0 Å². The molecule has 2 heterocycles. The highest BCUT2D eigenvalue weighted by molar-refractivity contribution is 5.82. The quantitative estimate of drug-likeness (QED) is 0.924.